The minimum absolute atomic E-state index is 0.0324. The van der Waals surface area contributed by atoms with Gasteiger partial charge in [0, 0.05) is 35.0 Å². The first-order valence-corrected chi connectivity index (χ1v) is 11.4. The first kappa shape index (κ1) is 20.1. The predicted octanol–water partition coefficient (Wildman–Crippen LogP) is 5.44. The highest BCUT2D eigenvalue weighted by Crippen LogP contribution is 2.57. The summed E-state index contributed by atoms with van der Waals surface area (Å²) in [7, 11) is 0. The summed E-state index contributed by atoms with van der Waals surface area (Å²) in [5.41, 5.74) is 2.51. The molecule has 3 aromatic rings. The smallest absolute Gasteiger partial charge is 0.245 e. The number of amides is 1. The van der Waals surface area contributed by atoms with Crippen molar-refractivity contribution in [1.82, 2.24) is 0 Å². The van der Waals surface area contributed by atoms with E-state index in [0.29, 0.717) is 34.9 Å². The van der Waals surface area contributed by atoms with Crippen LogP contribution in [0.15, 0.2) is 54.6 Å². The minimum atomic E-state index is -1.06. The lowest BCUT2D eigenvalue weighted by molar-refractivity contribution is -0.122. The maximum atomic E-state index is 15.0. The van der Waals surface area contributed by atoms with Gasteiger partial charge in [0.05, 0.1) is 0 Å². The van der Waals surface area contributed by atoms with E-state index in [1.807, 2.05) is 35.2 Å². The van der Waals surface area contributed by atoms with Crippen LogP contribution in [0.5, 0.6) is 17.2 Å². The molecule has 5 nitrogen and oxygen atoms in total. The van der Waals surface area contributed by atoms with Crippen LogP contribution in [0.4, 0.5) is 10.1 Å². The lowest BCUT2D eigenvalue weighted by atomic mass is 9.74. The molecule has 6 heteroatoms. The molecule has 0 bridgehead atoms. The van der Waals surface area contributed by atoms with Crippen molar-refractivity contribution in [3.63, 3.8) is 0 Å². The fourth-order valence-corrected chi connectivity index (χ4v) is 5.33. The van der Waals surface area contributed by atoms with Crippen molar-refractivity contribution in [1.29, 1.82) is 0 Å². The van der Waals surface area contributed by atoms with Gasteiger partial charge in [-0.15, -0.1) is 0 Å². The van der Waals surface area contributed by atoms with Crippen LogP contribution in [-0.4, -0.2) is 25.9 Å². The number of carbonyl (C=O) groups is 1. The second-order valence-electron chi connectivity index (χ2n) is 8.74. The largest absolute Gasteiger partial charge is 0.491 e. The Bertz CT molecular complexity index is 1270. The first-order valence-electron chi connectivity index (χ1n) is 11.4. The van der Waals surface area contributed by atoms with Crippen molar-refractivity contribution < 1.29 is 23.4 Å². The lowest BCUT2D eigenvalue weighted by Gasteiger charge is -2.24. The van der Waals surface area contributed by atoms with Crippen LogP contribution in [0.1, 0.15) is 37.3 Å². The van der Waals surface area contributed by atoms with E-state index in [2.05, 4.69) is 6.92 Å². The van der Waals surface area contributed by atoms with Crippen LogP contribution in [-0.2, 0) is 10.2 Å². The Kier molecular flexibility index (Phi) is 4.57. The molecule has 3 aromatic carbocycles. The van der Waals surface area contributed by atoms with E-state index in [1.54, 1.807) is 18.2 Å². The highest BCUT2D eigenvalue weighted by Gasteiger charge is 2.58. The summed E-state index contributed by atoms with van der Waals surface area (Å²) >= 11 is 0. The van der Waals surface area contributed by atoms with Gasteiger partial charge in [0.1, 0.15) is 23.6 Å². The number of hydrogen-bond acceptors (Lipinski definition) is 4. The van der Waals surface area contributed by atoms with Crippen LogP contribution in [0.3, 0.4) is 0 Å². The molecule has 1 spiro atoms. The number of anilines is 1. The van der Waals surface area contributed by atoms with E-state index in [4.69, 9.17) is 14.2 Å². The Morgan fingerprint density at radius 2 is 1.73 bits per heavy atom. The van der Waals surface area contributed by atoms with Gasteiger partial charge in [0.15, 0.2) is 11.5 Å². The Hall–Kier alpha value is -3.54. The van der Waals surface area contributed by atoms with Gasteiger partial charge in [-0.05, 0) is 30.2 Å². The normalized spacial score (nSPS) is 19.7. The molecule has 168 valence electrons. The second kappa shape index (κ2) is 7.51. The van der Waals surface area contributed by atoms with Gasteiger partial charge >= 0.3 is 0 Å². The van der Waals surface area contributed by atoms with Crippen molar-refractivity contribution in [2.75, 3.05) is 24.8 Å². The van der Waals surface area contributed by atoms with E-state index >= 15 is 0 Å². The van der Waals surface area contributed by atoms with Crippen molar-refractivity contribution in [3.05, 3.63) is 71.5 Å². The standard InChI is InChI=1S/C27H24FNO4/c1-2-3-6-12-29-21-11-7-9-18(17-8-4-5-10-20(17)28)25(21)27(26(29)30)15-31-22-14-24-23(13-19(22)27)32-16-33-24/h4-5,7-11,13-14H,2-3,6,12,15-16H2,1H3. The van der Waals surface area contributed by atoms with Crippen LogP contribution >= 0.6 is 0 Å². The average molecular weight is 445 g/mol. The van der Waals surface area contributed by atoms with Crippen LogP contribution < -0.4 is 19.1 Å². The number of rotatable bonds is 5. The molecule has 1 unspecified atom stereocenters. The first-order chi connectivity index (χ1) is 16.1. The minimum Gasteiger partial charge on any atom is -0.491 e. The maximum absolute atomic E-state index is 15.0. The molecule has 3 aliphatic rings. The summed E-state index contributed by atoms with van der Waals surface area (Å²) in [6.07, 6.45) is 2.99. The Morgan fingerprint density at radius 3 is 2.55 bits per heavy atom. The van der Waals surface area contributed by atoms with Gasteiger partial charge in [-0.2, -0.15) is 0 Å². The molecule has 0 saturated heterocycles. The summed E-state index contributed by atoms with van der Waals surface area (Å²) < 4.78 is 32.2. The van der Waals surface area contributed by atoms with Crippen molar-refractivity contribution in [2.24, 2.45) is 0 Å². The number of fused-ring (bicyclic) bond motifs is 5. The Balaban J connectivity index is 1.60. The highest BCUT2D eigenvalue weighted by atomic mass is 19.1. The molecular weight excluding hydrogens is 421 g/mol. The van der Waals surface area contributed by atoms with E-state index in [9.17, 15) is 9.18 Å². The van der Waals surface area contributed by atoms with Crippen molar-refractivity contribution >= 4 is 11.6 Å². The van der Waals surface area contributed by atoms with E-state index < -0.39 is 5.41 Å². The topological polar surface area (TPSA) is 48.0 Å². The van der Waals surface area contributed by atoms with Gasteiger partial charge in [-0.3, -0.25) is 4.79 Å². The molecule has 33 heavy (non-hydrogen) atoms. The molecule has 0 saturated carbocycles. The van der Waals surface area contributed by atoms with E-state index in [0.717, 1.165) is 36.1 Å². The summed E-state index contributed by atoms with van der Waals surface area (Å²) in [4.78, 5) is 16.1. The van der Waals surface area contributed by atoms with Gasteiger partial charge in [0.25, 0.3) is 0 Å². The van der Waals surface area contributed by atoms with Gasteiger partial charge in [-0.1, -0.05) is 50.1 Å². The lowest BCUT2D eigenvalue weighted by Crippen LogP contribution is -2.43. The fraction of sp³-hybridized carbons (Fsp3) is 0.296. The molecular formula is C27H24FNO4. The van der Waals surface area contributed by atoms with Gasteiger partial charge in [-0.25, -0.2) is 4.39 Å². The number of benzene rings is 3. The quantitative estimate of drug-likeness (QED) is 0.491. The number of ether oxygens (including phenoxy) is 3. The predicted molar refractivity (Wildman–Crippen MR) is 123 cm³/mol. The third kappa shape index (κ3) is 2.79. The Morgan fingerprint density at radius 1 is 0.939 bits per heavy atom. The third-order valence-electron chi connectivity index (χ3n) is 6.90. The number of carbonyl (C=O) groups excluding carboxylic acids is 1. The van der Waals surface area contributed by atoms with Crippen molar-refractivity contribution in [2.45, 2.75) is 31.6 Å². The van der Waals surface area contributed by atoms with E-state index in [1.165, 1.54) is 6.07 Å². The average Bonchev–Trinajstić information content (AvgIpc) is 3.50. The molecule has 1 atom stereocenters. The fourth-order valence-electron chi connectivity index (χ4n) is 5.33. The van der Waals surface area contributed by atoms with Gasteiger partial charge < -0.3 is 19.1 Å². The highest BCUT2D eigenvalue weighted by molar-refractivity contribution is 6.13. The summed E-state index contributed by atoms with van der Waals surface area (Å²) in [6.45, 7) is 3.05. The zero-order chi connectivity index (χ0) is 22.6. The van der Waals surface area contributed by atoms with Crippen LogP contribution in [0, 0.1) is 5.82 Å². The number of nitrogens with zero attached hydrogens (tertiary/aromatic N) is 1. The zero-order valence-corrected chi connectivity index (χ0v) is 18.4. The monoisotopic (exact) mass is 445 g/mol. The Labute approximate surface area is 191 Å². The van der Waals surface area contributed by atoms with Gasteiger partial charge in [0.2, 0.25) is 12.7 Å². The number of halogens is 1. The maximum Gasteiger partial charge on any atom is 0.245 e. The summed E-state index contributed by atoms with van der Waals surface area (Å²) in [6, 6.07) is 16.1. The SMILES string of the molecule is CCCCCN1C(=O)C2(COc3cc4c(cc32)OCO4)c2c(-c3ccccc3F)cccc21. The molecule has 6 rings (SSSR count). The van der Waals surface area contributed by atoms with Crippen molar-refractivity contribution in [3.8, 4) is 28.4 Å². The molecule has 3 aliphatic heterocycles. The molecule has 1 amide bonds. The number of hydrogen-bond donors (Lipinski definition) is 0. The van der Waals surface area contributed by atoms with E-state index in [-0.39, 0.29) is 25.1 Å². The summed E-state index contributed by atoms with van der Waals surface area (Å²) in [5, 5.41) is 0. The summed E-state index contributed by atoms with van der Waals surface area (Å²) in [5.74, 6) is 1.47. The molecule has 0 aliphatic carbocycles. The third-order valence-corrected chi connectivity index (χ3v) is 6.90. The molecule has 0 radical (unpaired) electrons. The van der Waals surface area contributed by atoms with Crippen LogP contribution in [0.25, 0.3) is 11.1 Å². The number of unbranched alkanes of at least 4 members (excludes halogenated alkanes) is 2. The second-order valence-corrected chi connectivity index (χ2v) is 8.74. The molecule has 0 fully saturated rings. The molecule has 0 aromatic heterocycles. The molecule has 0 N–H and O–H groups in total. The zero-order valence-electron chi connectivity index (χ0n) is 18.4. The molecule has 3 heterocycles. The van der Waals surface area contributed by atoms with Crippen LogP contribution in [0.2, 0.25) is 0 Å².